The predicted octanol–water partition coefficient (Wildman–Crippen LogP) is 3.74. The highest BCUT2D eigenvalue weighted by Gasteiger charge is 2.17. The molecule has 2 aromatic rings. The van der Waals surface area contributed by atoms with E-state index in [0.717, 1.165) is 18.5 Å². The topological polar surface area (TPSA) is 34.2 Å². The van der Waals surface area contributed by atoms with Gasteiger partial charge in [-0.25, -0.2) is 4.98 Å². The molecule has 112 valence electrons. The van der Waals surface area contributed by atoms with Crippen LogP contribution in [0, 0.1) is 0 Å². The molecule has 0 radical (unpaired) electrons. The zero-order valence-corrected chi connectivity index (χ0v) is 13.1. The van der Waals surface area contributed by atoms with Crippen LogP contribution in [0.4, 0.5) is 0 Å². The molecule has 1 unspecified atom stereocenters. The minimum atomic E-state index is 0.106. The fraction of sp³-hybridized carbons (Fsp3) is 0.389. The van der Waals surface area contributed by atoms with Crippen LogP contribution in [-0.4, -0.2) is 18.6 Å². The van der Waals surface area contributed by atoms with Gasteiger partial charge in [0.2, 0.25) is 5.88 Å². The van der Waals surface area contributed by atoms with E-state index in [0.29, 0.717) is 5.88 Å². The number of aryl methyl sites for hydroxylation is 1. The van der Waals surface area contributed by atoms with E-state index in [1.54, 1.807) is 13.3 Å². The van der Waals surface area contributed by atoms with Gasteiger partial charge in [0.1, 0.15) is 0 Å². The van der Waals surface area contributed by atoms with E-state index in [2.05, 4.69) is 54.5 Å². The Balaban J connectivity index is 2.33. The SMILES string of the molecule is CCCc1ccc(C(NCC)c2cccnc2OC)cc1. The van der Waals surface area contributed by atoms with Crippen LogP contribution in [0.2, 0.25) is 0 Å². The predicted molar refractivity (Wildman–Crippen MR) is 86.7 cm³/mol. The summed E-state index contributed by atoms with van der Waals surface area (Å²) in [6.45, 7) is 5.20. The summed E-state index contributed by atoms with van der Waals surface area (Å²) in [5.41, 5.74) is 3.70. The van der Waals surface area contributed by atoms with E-state index in [-0.39, 0.29) is 6.04 Å². The summed E-state index contributed by atoms with van der Waals surface area (Å²) >= 11 is 0. The van der Waals surface area contributed by atoms with Gasteiger partial charge >= 0.3 is 0 Å². The Morgan fingerprint density at radius 3 is 2.52 bits per heavy atom. The highest BCUT2D eigenvalue weighted by atomic mass is 16.5. The standard InChI is InChI=1S/C18H24N2O/c1-4-7-14-9-11-15(12-10-14)17(19-5-2)16-8-6-13-20-18(16)21-3/h6,8-13,17,19H,4-5,7H2,1-3H3. The van der Waals surface area contributed by atoms with Crippen molar-refractivity contribution < 1.29 is 4.74 Å². The molecule has 0 aliphatic rings. The van der Waals surface area contributed by atoms with Gasteiger partial charge in [-0.3, -0.25) is 0 Å². The highest BCUT2D eigenvalue weighted by molar-refractivity contribution is 5.38. The second-order valence-electron chi connectivity index (χ2n) is 5.08. The first-order chi connectivity index (χ1) is 10.3. The van der Waals surface area contributed by atoms with Gasteiger partial charge in [0.05, 0.1) is 13.2 Å². The van der Waals surface area contributed by atoms with Crippen molar-refractivity contribution in [2.75, 3.05) is 13.7 Å². The normalized spacial score (nSPS) is 12.1. The first kappa shape index (κ1) is 15.5. The van der Waals surface area contributed by atoms with Crippen molar-refractivity contribution in [2.24, 2.45) is 0 Å². The van der Waals surface area contributed by atoms with Crippen LogP contribution in [0.25, 0.3) is 0 Å². The molecule has 0 fully saturated rings. The summed E-state index contributed by atoms with van der Waals surface area (Å²) in [6, 6.07) is 13.0. The summed E-state index contributed by atoms with van der Waals surface area (Å²) in [7, 11) is 1.67. The first-order valence-corrected chi connectivity index (χ1v) is 7.61. The van der Waals surface area contributed by atoms with Crippen LogP contribution in [0.5, 0.6) is 5.88 Å². The van der Waals surface area contributed by atoms with E-state index in [4.69, 9.17) is 4.74 Å². The zero-order valence-electron chi connectivity index (χ0n) is 13.1. The molecule has 1 N–H and O–H groups in total. The average molecular weight is 284 g/mol. The number of pyridine rings is 1. The molecular weight excluding hydrogens is 260 g/mol. The van der Waals surface area contributed by atoms with Crippen molar-refractivity contribution >= 4 is 0 Å². The lowest BCUT2D eigenvalue weighted by Crippen LogP contribution is -2.22. The minimum absolute atomic E-state index is 0.106. The van der Waals surface area contributed by atoms with Gasteiger partial charge in [0.15, 0.2) is 0 Å². The molecule has 1 heterocycles. The number of rotatable bonds is 7. The van der Waals surface area contributed by atoms with Crippen LogP contribution in [0.15, 0.2) is 42.6 Å². The fourth-order valence-corrected chi connectivity index (χ4v) is 2.57. The lowest BCUT2D eigenvalue weighted by atomic mass is 9.97. The van der Waals surface area contributed by atoms with Crippen molar-refractivity contribution in [3.05, 3.63) is 59.3 Å². The van der Waals surface area contributed by atoms with Gasteiger partial charge in [-0.2, -0.15) is 0 Å². The van der Waals surface area contributed by atoms with Crippen molar-refractivity contribution in [3.63, 3.8) is 0 Å². The van der Waals surface area contributed by atoms with Crippen molar-refractivity contribution in [3.8, 4) is 5.88 Å². The summed E-state index contributed by atoms with van der Waals surface area (Å²) < 4.78 is 5.41. The number of aromatic nitrogens is 1. The number of nitrogens with one attached hydrogen (secondary N) is 1. The van der Waals surface area contributed by atoms with Crippen LogP contribution in [-0.2, 0) is 6.42 Å². The molecule has 0 saturated carbocycles. The Morgan fingerprint density at radius 1 is 1.14 bits per heavy atom. The summed E-state index contributed by atoms with van der Waals surface area (Å²) in [5.74, 6) is 0.682. The van der Waals surface area contributed by atoms with E-state index in [9.17, 15) is 0 Å². The van der Waals surface area contributed by atoms with Gasteiger partial charge < -0.3 is 10.1 Å². The van der Waals surface area contributed by atoms with Crippen molar-refractivity contribution in [1.82, 2.24) is 10.3 Å². The van der Waals surface area contributed by atoms with Crippen LogP contribution >= 0.6 is 0 Å². The molecule has 0 aliphatic carbocycles. The molecule has 3 heteroatoms. The molecule has 0 amide bonds. The minimum Gasteiger partial charge on any atom is -0.481 e. The number of hydrogen-bond donors (Lipinski definition) is 1. The Bertz CT molecular complexity index is 551. The average Bonchev–Trinajstić information content (AvgIpc) is 2.54. The van der Waals surface area contributed by atoms with E-state index >= 15 is 0 Å². The number of methoxy groups -OCH3 is 1. The smallest absolute Gasteiger partial charge is 0.218 e. The maximum atomic E-state index is 5.41. The third-order valence-corrected chi connectivity index (χ3v) is 3.56. The van der Waals surface area contributed by atoms with Gasteiger partial charge in [-0.05, 0) is 30.2 Å². The van der Waals surface area contributed by atoms with Crippen LogP contribution in [0.3, 0.4) is 0 Å². The largest absolute Gasteiger partial charge is 0.481 e. The lowest BCUT2D eigenvalue weighted by Gasteiger charge is -2.20. The summed E-state index contributed by atoms with van der Waals surface area (Å²) in [4.78, 5) is 4.31. The third kappa shape index (κ3) is 3.82. The number of ether oxygens (including phenoxy) is 1. The Kier molecular flexibility index (Phi) is 5.76. The second-order valence-corrected chi connectivity index (χ2v) is 5.08. The van der Waals surface area contributed by atoms with Crippen LogP contribution in [0.1, 0.15) is 43.0 Å². The molecule has 0 saturated heterocycles. The second kappa shape index (κ2) is 7.79. The maximum Gasteiger partial charge on any atom is 0.218 e. The number of nitrogens with zero attached hydrogens (tertiary/aromatic N) is 1. The molecule has 0 bridgehead atoms. The molecule has 3 nitrogen and oxygen atoms in total. The van der Waals surface area contributed by atoms with E-state index < -0.39 is 0 Å². The monoisotopic (exact) mass is 284 g/mol. The lowest BCUT2D eigenvalue weighted by molar-refractivity contribution is 0.387. The van der Waals surface area contributed by atoms with Gasteiger partial charge in [0.25, 0.3) is 0 Å². The number of benzene rings is 1. The molecule has 2 rings (SSSR count). The molecule has 1 aromatic heterocycles. The fourth-order valence-electron chi connectivity index (χ4n) is 2.57. The number of hydrogen-bond acceptors (Lipinski definition) is 3. The molecule has 0 spiro atoms. The first-order valence-electron chi connectivity index (χ1n) is 7.61. The zero-order chi connectivity index (χ0) is 15.1. The quantitative estimate of drug-likeness (QED) is 0.841. The van der Waals surface area contributed by atoms with E-state index in [1.165, 1.54) is 17.5 Å². The third-order valence-electron chi connectivity index (χ3n) is 3.56. The van der Waals surface area contributed by atoms with E-state index in [1.807, 2.05) is 6.07 Å². The molecule has 1 atom stereocenters. The van der Waals surface area contributed by atoms with Crippen LogP contribution < -0.4 is 10.1 Å². The van der Waals surface area contributed by atoms with Gasteiger partial charge in [-0.1, -0.05) is 50.6 Å². The Labute approximate surface area is 127 Å². The molecule has 21 heavy (non-hydrogen) atoms. The summed E-state index contributed by atoms with van der Waals surface area (Å²) in [5, 5.41) is 3.52. The maximum absolute atomic E-state index is 5.41. The Hall–Kier alpha value is -1.87. The summed E-state index contributed by atoms with van der Waals surface area (Å²) in [6.07, 6.45) is 4.06. The van der Waals surface area contributed by atoms with Gasteiger partial charge in [-0.15, -0.1) is 0 Å². The van der Waals surface area contributed by atoms with Crippen molar-refractivity contribution in [2.45, 2.75) is 32.7 Å². The van der Waals surface area contributed by atoms with Crippen molar-refractivity contribution in [1.29, 1.82) is 0 Å². The molecular formula is C18H24N2O. The van der Waals surface area contributed by atoms with Gasteiger partial charge in [0, 0.05) is 11.8 Å². The molecule has 1 aromatic carbocycles. The highest BCUT2D eigenvalue weighted by Crippen LogP contribution is 2.28. The molecule has 0 aliphatic heterocycles. The Morgan fingerprint density at radius 2 is 1.90 bits per heavy atom.